The molecule has 2 rings (SSSR count). The van der Waals surface area contributed by atoms with Gasteiger partial charge in [-0.2, -0.15) is 0 Å². The van der Waals surface area contributed by atoms with Gasteiger partial charge in [-0.3, -0.25) is 4.79 Å². The second-order valence-corrected chi connectivity index (χ2v) is 5.67. The van der Waals surface area contributed by atoms with E-state index >= 15 is 0 Å². The van der Waals surface area contributed by atoms with Crippen molar-refractivity contribution in [3.05, 3.63) is 68.3 Å². The van der Waals surface area contributed by atoms with Gasteiger partial charge in [0.1, 0.15) is 6.61 Å². The lowest BCUT2D eigenvalue weighted by Crippen LogP contribution is -2.09. The zero-order valence-electron chi connectivity index (χ0n) is 10.1. The molecule has 0 heterocycles. The normalized spacial score (nSPS) is 10.4. The van der Waals surface area contributed by atoms with Crippen LogP contribution in [0.25, 0.3) is 0 Å². The molecule has 0 aliphatic heterocycles. The maximum absolute atomic E-state index is 11.9. The molecule has 0 aliphatic carbocycles. The minimum absolute atomic E-state index is 0.0246. The summed E-state index contributed by atoms with van der Waals surface area (Å²) in [5.41, 5.74) is 1.55. The van der Waals surface area contributed by atoms with Gasteiger partial charge in [-0.15, -0.1) is 0 Å². The number of hydrogen-bond donors (Lipinski definition) is 0. The van der Waals surface area contributed by atoms with Crippen molar-refractivity contribution in [3.8, 4) is 0 Å². The minimum Gasteiger partial charge on any atom is -0.369 e. The lowest BCUT2D eigenvalue weighted by molar-refractivity contribution is 0.0726. The highest BCUT2D eigenvalue weighted by molar-refractivity contribution is 14.1. The lowest BCUT2D eigenvalue weighted by atomic mass is 10.1. The number of rotatable bonds is 5. The van der Waals surface area contributed by atoms with E-state index in [2.05, 4.69) is 22.6 Å². The summed E-state index contributed by atoms with van der Waals surface area (Å²) in [6.07, 6.45) is 0. The highest BCUT2D eigenvalue weighted by atomic mass is 127. The number of benzene rings is 2. The van der Waals surface area contributed by atoms with Crippen LogP contribution in [0.3, 0.4) is 0 Å². The first-order valence-electron chi connectivity index (χ1n) is 5.77. The zero-order chi connectivity index (χ0) is 13.7. The number of carbonyl (C=O) groups excluding carboxylic acids is 1. The van der Waals surface area contributed by atoms with Crippen LogP contribution in [0.1, 0.15) is 15.9 Å². The maximum Gasteiger partial charge on any atom is 0.188 e. The molecule has 0 aromatic heterocycles. The molecule has 2 aromatic carbocycles. The van der Waals surface area contributed by atoms with Crippen LogP contribution >= 0.6 is 34.2 Å². The van der Waals surface area contributed by atoms with E-state index in [-0.39, 0.29) is 12.4 Å². The summed E-state index contributed by atoms with van der Waals surface area (Å²) in [7, 11) is 0. The summed E-state index contributed by atoms with van der Waals surface area (Å²) in [5, 5.41) is 0.657. The molecule has 0 fully saturated rings. The highest BCUT2D eigenvalue weighted by Crippen LogP contribution is 2.16. The molecule has 2 nitrogen and oxygen atoms in total. The molecule has 0 amide bonds. The quantitative estimate of drug-likeness (QED) is 0.564. The summed E-state index contributed by atoms with van der Waals surface area (Å²) in [6, 6.07) is 14.9. The Morgan fingerprint density at radius 3 is 2.47 bits per heavy atom. The number of hydrogen-bond acceptors (Lipinski definition) is 2. The van der Waals surface area contributed by atoms with Gasteiger partial charge in [0.2, 0.25) is 0 Å². The first-order chi connectivity index (χ1) is 9.16. The summed E-state index contributed by atoms with van der Waals surface area (Å²) in [5.74, 6) is -0.0246. The first-order valence-corrected chi connectivity index (χ1v) is 7.22. The summed E-state index contributed by atoms with van der Waals surface area (Å²) >= 11 is 8.21. The topological polar surface area (TPSA) is 26.3 Å². The molecular formula is C15H12ClIO2. The van der Waals surface area contributed by atoms with Gasteiger partial charge in [0.25, 0.3) is 0 Å². The van der Waals surface area contributed by atoms with Crippen LogP contribution in [-0.4, -0.2) is 12.4 Å². The van der Waals surface area contributed by atoms with Gasteiger partial charge in [0.15, 0.2) is 5.78 Å². The predicted octanol–water partition coefficient (Wildman–Crippen LogP) is 4.34. The van der Waals surface area contributed by atoms with Crippen molar-refractivity contribution in [1.29, 1.82) is 0 Å². The van der Waals surface area contributed by atoms with Crippen molar-refractivity contribution in [1.82, 2.24) is 0 Å². The van der Waals surface area contributed by atoms with Crippen molar-refractivity contribution >= 4 is 40.0 Å². The van der Waals surface area contributed by atoms with Crippen molar-refractivity contribution < 1.29 is 9.53 Å². The van der Waals surface area contributed by atoms with Crippen molar-refractivity contribution in [3.63, 3.8) is 0 Å². The smallest absolute Gasteiger partial charge is 0.188 e. The molecule has 0 saturated carbocycles. The Labute approximate surface area is 130 Å². The second kappa shape index (κ2) is 7.03. The summed E-state index contributed by atoms with van der Waals surface area (Å²) in [4.78, 5) is 11.9. The number of halogens is 2. The fraction of sp³-hybridized carbons (Fsp3) is 0.133. The van der Waals surface area contributed by atoms with Crippen molar-refractivity contribution in [2.75, 3.05) is 6.61 Å². The van der Waals surface area contributed by atoms with E-state index in [0.29, 0.717) is 17.2 Å². The van der Waals surface area contributed by atoms with Crippen LogP contribution in [-0.2, 0) is 11.3 Å². The SMILES string of the molecule is O=C(COCc1ccccc1Cl)c1ccc(I)cc1. The fourth-order valence-corrected chi connectivity index (χ4v) is 2.14. The van der Waals surface area contributed by atoms with Crippen LogP contribution in [0.2, 0.25) is 5.02 Å². The van der Waals surface area contributed by atoms with E-state index in [4.69, 9.17) is 16.3 Å². The van der Waals surface area contributed by atoms with Crippen LogP contribution in [0.15, 0.2) is 48.5 Å². The molecule has 19 heavy (non-hydrogen) atoms. The Morgan fingerprint density at radius 1 is 1.11 bits per heavy atom. The molecule has 0 spiro atoms. The van der Waals surface area contributed by atoms with Crippen LogP contribution < -0.4 is 0 Å². The Kier molecular flexibility index (Phi) is 5.36. The number of ether oxygens (including phenoxy) is 1. The van der Waals surface area contributed by atoms with Crippen LogP contribution in [0, 0.1) is 3.57 Å². The van der Waals surface area contributed by atoms with Gasteiger partial charge < -0.3 is 4.74 Å². The van der Waals surface area contributed by atoms with Gasteiger partial charge in [-0.1, -0.05) is 41.9 Å². The molecule has 2 aromatic rings. The Bertz CT molecular complexity index is 567. The van der Waals surface area contributed by atoms with Crippen molar-refractivity contribution in [2.45, 2.75) is 6.61 Å². The molecule has 0 unspecified atom stereocenters. The zero-order valence-corrected chi connectivity index (χ0v) is 13.0. The third kappa shape index (κ3) is 4.30. The fourth-order valence-electron chi connectivity index (χ4n) is 1.59. The van der Waals surface area contributed by atoms with Crippen LogP contribution in [0.4, 0.5) is 0 Å². The number of ketones is 1. The standard InChI is InChI=1S/C15H12ClIO2/c16-14-4-2-1-3-12(14)9-19-10-15(18)11-5-7-13(17)8-6-11/h1-8H,9-10H2. The van der Waals surface area contributed by atoms with Gasteiger partial charge in [0.05, 0.1) is 6.61 Å². The van der Waals surface area contributed by atoms with E-state index < -0.39 is 0 Å². The van der Waals surface area contributed by atoms with Gasteiger partial charge in [0, 0.05) is 14.2 Å². The summed E-state index contributed by atoms with van der Waals surface area (Å²) < 4.78 is 6.51. The van der Waals surface area contributed by atoms with E-state index in [1.165, 1.54) is 0 Å². The van der Waals surface area contributed by atoms with Gasteiger partial charge >= 0.3 is 0 Å². The molecule has 0 N–H and O–H groups in total. The summed E-state index contributed by atoms with van der Waals surface area (Å²) in [6.45, 7) is 0.404. The third-order valence-electron chi connectivity index (χ3n) is 2.61. The minimum atomic E-state index is -0.0246. The lowest BCUT2D eigenvalue weighted by Gasteiger charge is -2.05. The Morgan fingerprint density at radius 2 is 1.79 bits per heavy atom. The Balaban J connectivity index is 1.88. The van der Waals surface area contributed by atoms with E-state index in [1.807, 2.05) is 42.5 Å². The average molecular weight is 387 g/mol. The number of Topliss-reactive ketones (excluding diaryl/α,β-unsaturated/α-hetero) is 1. The van der Waals surface area contributed by atoms with Crippen molar-refractivity contribution in [2.24, 2.45) is 0 Å². The van der Waals surface area contributed by atoms with E-state index in [1.54, 1.807) is 6.07 Å². The molecule has 0 bridgehead atoms. The number of carbonyl (C=O) groups is 1. The second-order valence-electron chi connectivity index (χ2n) is 4.01. The molecule has 0 aliphatic rings. The molecule has 4 heteroatoms. The monoisotopic (exact) mass is 386 g/mol. The molecule has 98 valence electrons. The average Bonchev–Trinajstić information content (AvgIpc) is 2.41. The predicted molar refractivity (Wildman–Crippen MR) is 84.6 cm³/mol. The van der Waals surface area contributed by atoms with Crippen LogP contribution in [0.5, 0.6) is 0 Å². The van der Waals surface area contributed by atoms with Gasteiger partial charge in [-0.25, -0.2) is 0 Å². The van der Waals surface area contributed by atoms with E-state index in [0.717, 1.165) is 9.13 Å². The Hall–Kier alpha value is -0.910. The molecule has 0 radical (unpaired) electrons. The third-order valence-corrected chi connectivity index (χ3v) is 3.70. The van der Waals surface area contributed by atoms with E-state index in [9.17, 15) is 4.79 Å². The molecule has 0 atom stereocenters. The molecule has 0 saturated heterocycles. The first kappa shape index (κ1) is 14.5. The maximum atomic E-state index is 11.9. The largest absolute Gasteiger partial charge is 0.369 e. The highest BCUT2D eigenvalue weighted by Gasteiger charge is 2.06. The van der Waals surface area contributed by atoms with Gasteiger partial charge in [-0.05, 0) is 46.4 Å². The molecular weight excluding hydrogens is 375 g/mol.